The van der Waals surface area contributed by atoms with Gasteiger partial charge in [0.15, 0.2) is 0 Å². The van der Waals surface area contributed by atoms with Crippen LogP contribution >= 0.6 is 11.3 Å². The maximum Gasteiger partial charge on any atom is 0.212 e. The summed E-state index contributed by atoms with van der Waals surface area (Å²) in [6, 6.07) is 8.48. The molecule has 24 heavy (non-hydrogen) atoms. The highest BCUT2D eigenvalue weighted by molar-refractivity contribution is 7.16. The lowest BCUT2D eigenvalue weighted by molar-refractivity contribution is 0.623. The van der Waals surface area contributed by atoms with Crippen molar-refractivity contribution in [2.45, 2.75) is 58.9 Å². The molecule has 1 aromatic carbocycles. The Labute approximate surface area is 147 Å². The van der Waals surface area contributed by atoms with Crippen LogP contribution in [0.5, 0.6) is 0 Å². The molecule has 0 amide bonds. The largest absolute Gasteiger partial charge is 0.324 e. The van der Waals surface area contributed by atoms with Gasteiger partial charge in [-0.3, -0.25) is 0 Å². The van der Waals surface area contributed by atoms with Crippen LogP contribution in [0.2, 0.25) is 0 Å². The van der Waals surface area contributed by atoms with Crippen molar-refractivity contribution < 1.29 is 0 Å². The summed E-state index contributed by atoms with van der Waals surface area (Å²) in [4.78, 5) is 5.89. The van der Waals surface area contributed by atoms with Crippen LogP contribution in [-0.2, 0) is 6.42 Å². The number of nitrogens with two attached hydrogens (primary N) is 1. The van der Waals surface area contributed by atoms with Gasteiger partial charge < -0.3 is 5.73 Å². The summed E-state index contributed by atoms with van der Waals surface area (Å²) in [5.74, 6) is 0.537. The molecule has 0 spiro atoms. The van der Waals surface area contributed by atoms with Gasteiger partial charge in [0, 0.05) is 17.5 Å². The first-order chi connectivity index (χ1) is 11.6. The van der Waals surface area contributed by atoms with Crippen molar-refractivity contribution in [2.75, 3.05) is 0 Å². The fourth-order valence-corrected chi connectivity index (χ4v) is 4.28. The van der Waals surface area contributed by atoms with Crippen LogP contribution in [0, 0.1) is 0 Å². The molecular formula is C19H26N4S. The van der Waals surface area contributed by atoms with Gasteiger partial charge in [0.25, 0.3) is 0 Å². The number of hydrogen-bond acceptors (Lipinski definition) is 4. The van der Waals surface area contributed by atoms with Gasteiger partial charge in [-0.25, -0.2) is 9.50 Å². The highest BCUT2D eigenvalue weighted by Gasteiger charge is 2.19. The van der Waals surface area contributed by atoms with Crippen molar-refractivity contribution in [1.29, 1.82) is 0 Å². The Morgan fingerprint density at radius 2 is 1.79 bits per heavy atom. The number of hydrogen-bond donors (Lipinski definition) is 1. The molecule has 0 saturated carbocycles. The van der Waals surface area contributed by atoms with E-state index in [0.717, 1.165) is 41.0 Å². The van der Waals surface area contributed by atoms with E-state index in [1.54, 1.807) is 11.3 Å². The summed E-state index contributed by atoms with van der Waals surface area (Å²) in [6.45, 7) is 8.62. The molecule has 128 valence electrons. The molecule has 2 heterocycles. The molecule has 3 aromatic rings. The van der Waals surface area contributed by atoms with Gasteiger partial charge in [-0.2, -0.15) is 5.10 Å². The molecule has 1 unspecified atom stereocenters. The Balaban J connectivity index is 2.04. The van der Waals surface area contributed by atoms with Gasteiger partial charge in [0.05, 0.1) is 11.4 Å². The second kappa shape index (κ2) is 7.03. The third kappa shape index (κ3) is 2.98. The summed E-state index contributed by atoms with van der Waals surface area (Å²) in [5, 5.41) is 6.07. The van der Waals surface area contributed by atoms with Crippen LogP contribution in [0.25, 0.3) is 16.2 Å². The average Bonchev–Trinajstić information content (AvgIpc) is 3.13. The van der Waals surface area contributed by atoms with Gasteiger partial charge in [-0.15, -0.1) is 0 Å². The van der Waals surface area contributed by atoms with Crippen molar-refractivity contribution in [3.63, 3.8) is 0 Å². The standard InChI is InChI=1S/C19H26N4S/c1-5-13(6-2)18-22-23-16(7-3)17(21-19(23)24-18)15-10-8-14(9-11-15)12(4)20/h8-13H,5-7,20H2,1-4H3. The molecule has 1 atom stereocenters. The third-order valence-corrected chi connectivity index (χ3v) is 5.76. The lowest BCUT2D eigenvalue weighted by Gasteiger charge is -2.08. The van der Waals surface area contributed by atoms with E-state index in [2.05, 4.69) is 45.0 Å². The number of benzene rings is 1. The highest BCUT2D eigenvalue weighted by atomic mass is 32.1. The van der Waals surface area contributed by atoms with E-state index in [9.17, 15) is 0 Å². The van der Waals surface area contributed by atoms with Crippen LogP contribution in [0.4, 0.5) is 0 Å². The zero-order valence-electron chi connectivity index (χ0n) is 14.9. The second-order valence-electron chi connectivity index (χ2n) is 6.32. The van der Waals surface area contributed by atoms with E-state index in [4.69, 9.17) is 15.8 Å². The highest BCUT2D eigenvalue weighted by Crippen LogP contribution is 2.32. The third-order valence-electron chi connectivity index (χ3n) is 4.69. The van der Waals surface area contributed by atoms with E-state index in [1.165, 1.54) is 10.7 Å². The molecule has 0 fully saturated rings. The Kier molecular flexibility index (Phi) is 5.01. The molecule has 3 rings (SSSR count). The summed E-state index contributed by atoms with van der Waals surface area (Å²) < 4.78 is 2.05. The summed E-state index contributed by atoms with van der Waals surface area (Å²) in [6.07, 6.45) is 3.16. The van der Waals surface area contributed by atoms with Gasteiger partial charge in [0.1, 0.15) is 5.01 Å². The molecule has 5 heteroatoms. The molecular weight excluding hydrogens is 316 g/mol. The van der Waals surface area contributed by atoms with Crippen molar-refractivity contribution >= 4 is 16.3 Å². The molecule has 0 saturated heterocycles. The maximum absolute atomic E-state index is 5.95. The predicted octanol–water partition coefficient (Wildman–Crippen LogP) is 4.94. The Morgan fingerprint density at radius 3 is 2.33 bits per heavy atom. The molecule has 4 nitrogen and oxygen atoms in total. The average molecular weight is 343 g/mol. The summed E-state index contributed by atoms with van der Waals surface area (Å²) in [7, 11) is 0. The van der Waals surface area contributed by atoms with Crippen LogP contribution < -0.4 is 5.73 Å². The minimum Gasteiger partial charge on any atom is -0.324 e. The molecule has 2 N–H and O–H groups in total. The molecule has 0 radical (unpaired) electrons. The lowest BCUT2D eigenvalue weighted by Crippen LogP contribution is -2.04. The Hall–Kier alpha value is -1.72. The number of aryl methyl sites for hydroxylation is 1. The summed E-state index contributed by atoms with van der Waals surface area (Å²) >= 11 is 1.73. The fourth-order valence-electron chi connectivity index (χ4n) is 3.10. The molecule has 0 bridgehead atoms. The van der Waals surface area contributed by atoms with Crippen molar-refractivity contribution in [3.8, 4) is 11.3 Å². The normalized spacial score (nSPS) is 13.1. The van der Waals surface area contributed by atoms with Crippen molar-refractivity contribution in [2.24, 2.45) is 5.73 Å². The monoisotopic (exact) mass is 342 g/mol. The first-order valence-electron chi connectivity index (χ1n) is 8.83. The van der Waals surface area contributed by atoms with Crippen molar-refractivity contribution in [1.82, 2.24) is 14.6 Å². The Morgan fingerprint density at radius 1 is 1.12 bits per heavy atom. The molecule has 0 aliphatic rings. The topological polar surface area (TPSA) is 56.2 Å². The number of imidazole rings is 1. The number of aromatic nitrogens is 3. The number of nitrogens with zero attached hydrogens (tertiary/aromatic N) is 3. The van der Waals surface area contributed by atoms with Crippen LogP contribution in [0.15, 0.2) is 24.3 Å². The first kappa shape index (κ1) is 17.1. The quantitative estimate of drug-likeness (QED) is 0.690. The molecule has 0 aliphatic heterocycles. The number of rotatable bonds is 6. The zero-order chi connectivity index (χ0) is 17.3. The number of fused-ring (bicyclic) bond motifs is 1. The van der Waals surface area contributed by atoms with E-state index in [1.807, 2.05) is 11.4 Å². The smallest absolute Gasteiger partial charge is 0.212 e. The van der Waals surface area contributed by atoms with E-state index >= 15 is 0 Å². The van der Waals surface area contributed by atoms with Gasteiger partial charge in [-0.1, -0.05) is 56.4 Å². The maximum atomic E-state index is 5.95. The van der Waals surface area contributed by atoms with E-state index in [0.29, 0.717) is 5.92 Å². The van der Waals surface area contributed by atoms with E-state index in [-0.39, 0.29) is 6.04 Å². The fraction of sp³-hybridized carbons (Fsp3) is 0.474. The van der Waals surface area contributed by atoms with Gasteiger partial charge in [0.2, 0.25) is 4.96 Å². The van der Waals surface area contributed by atoms with Crippen LogP contribution in [-0.4, -0.2) is 14.6 Å². The second-order valence-corrected chi connectivity index (χ2v) is 7.31. The minimum absolute atomic E-state index is 0.0550. The van der Waals surface area contributed by atoms with Gasteiger partial charge in [-0.05, 0) is 31.7 Å². The summed E-state index contributed by atoms with van der Waals surface area (Å²) in [5.41, 5.74) is 10.5. The molecule has 0 aliphatic carbocycles. The van der Waals surface area contributed by atoms with Gasteiger partial charge >= 0.3 is 0 Å². The SMILES string of the molecule is CCc1c(-c2ccc(C(C)N)cc2)nc2sc(C(CC)CC)nn12. The first-order valence-corrected chi connectivity index (χ1v) is 9.64. The van der Waals surface area contributed by atoms with Crippen molar-refractivity contribution in [3.05, 3.63) is 40.5 Å². The van der Waals surface area contributed by atoms with E-state index < -0.39 is 0 Å². The Bertz CT molecular complexity index is 810. The lowest BCUT2D eigenvalue weighted by atomic mass is 10.0. The minimum atomic E-state index is 0.0550. The predicted molar refractivity (Wildman–Crippen MR) is 102 cm³/mol. The van der Waals surface area contributed by atoms with Crippen LogP contribution in [0.3, 0.4) is 0 Å². The molecule has 2 aromatic heterocycles. The van der Waals surface area contributed by atoms with Crippen LogP contribution in [0.1, 0.15) is 68.8 Å². The zero-order valence-corrected chi connectivity index (χ0v) is 15.7.